The number of hydrogen-bond donors (Lipinski definition) is 1. The van der Waals surface area contributed by atoms with Crippen molar-refractivity contribution in [3.05, 3.63) is 35.4 Å². The zero-order chi connectivity index (χ0) is 27.1. The van der Waals surface area contributed by atoms with Gasteiger partial charge in [0.15, 0.2) is 16.8 Å². The van der Waals surface area contributed by atoms with Crippen LogP contribution in [0.5, 0.6) is 0 Å². The van der Waals surface area contributed by atoms with E-state index in [1.807, 2.05) is 0 Å². The van der Waals surface area contributed by atoms with E-state index in [-0.39, 0.29) is 29.3 Å². The van der Waals surface area contributed by atoms with Crippen LogP contribution < -0.4 is 5.32 Å². The minimum absolute atomic E-state index is 0.0415. The number of ether oxygens (including phenoxy) is 2. The van der Waals surface area contributed by atoms with Crippen LogP contribution in [0.25, 0.3) is 0 Å². The smallest absolute Gasteiger partial charge is 0.418 e. The standard InChI is InChI=1S/C25H37F2N3O4SSi/c1-23(2,3)34-22(32)30(15-33-12-13-36(6,7)8)21-29-24(4,16-10-9-11-17(26)19(16)27)18-14-25(18,35-21)20(31)28-5/h9-11,18H,12-15H2,1-8H3,(H,28,31)/t18?,24-,25+/m1/s1. The Morgan fingerprint density at radius 2 is 1.94 bits per heavy atom. The number of aliphatic imine (C=N–C) groups is 1. The van der Waals surface area contributed by atoms with E-state index in [2.05, 4.69) is 25.0 Å². The van der Waals surface area contributed by atoms with Crippen LogP contribution in [0, 0.1) is 17.6 Å². The lowest BCUT2D eigenvalue weighted by Gasteiger charge is -2.37. The molecule has 1 heterocycles. The number of nitrogens with zero attached hydrogens (tertiary/aromatic N) is 2. The SMILES string of the molecule is CNC(=O)[C@]12CC1[C@@](C)(c1cccc(F)c1F)N=C(N(COCC[Si](C)(C)C)C(=O)OC(C)(C)C)S2. The van der Waals surface area contributed by atoms with Crippen molar-refractivity contribution >= 4 is 37.0 Å². The van der Waals surface area contributed by atoms with Gasteiger partial charge >= 0.3 is 6.09 Å². The van der Waals surface area contributed by atoms with E-state index in [1.54, 1.807) is 27.7 Å². The third-order valence-corrected chi connectivity index (χ3v) is 9.56. The summed E-state index contributed by atoms with van der Waals surface area (Å²) < 4.78 is 39.8. The molecule has 1 aromatic rings. The molecule has 2 amide bonds. The Kier molecular flexibility index (Phi) is 7.98. The zero-order valence-electron chi connectivity index (χ0n) is 22.3. The minimum atomic E-state index is -1.37. The van der Waals surface area contributed by atoms with Crippen molar-refractivity contribution in [2.75, 3.05) is 20.4 Å². The van der Waals surface area contributed by atoms with Gasteiger partial charge in [-0.3, -0.25) is 9.79 Å². The summed E-state index contributed by atoms with van der Waals surface area (Å²) in [6.07, 6.45) is -0.287. The van der Waals surface area contributed by atoms with Crippen molar-refractivity contribution in [1.29, 1.82) is 0 Å². The molecule has 0 spiro atoms. The molecule has 0 bridgehead atoms. The van der Waals surface area contributed by atoms with Crippen molar-refractivity contribution in [3.8, 4) is 0 Å². The molecular weight excluding hydrogens is 504 g/mol. The predicted molar refractivity (Wildman–Crippen MR) is 141 cm³/mol. The Morgan fingerprint density at radius 3 is 2.53 bits per heavy atom. The number of carbonyl (C=O) groups excluding carboxylic acids is 2. The first kappa shape index (κ1) is 28.6. The molecular formula is C25H37F2N3O4SSi. The van der Waals surface area contributed by atoms with Gasteiger partial charge < -0.3 is 14.8 Å². The summed E-state index contributed by atoms with van der Waals surface area (Å²) in [5, 5.41) is 2.87. The maximum atomic E-state index is 15.0. The third-order valence-electron chi connectivity index (χ3n) is 6.36. The largest absolute Gasteiger partial charge is 0.443 e. The van der Waals surface area contributed by atoms with Crippen molar-refractivity contribution in [2.45, 2.75) is 75.7 Å². The molecule has 1 aliphatic carbocycles. The van der Waals surface area contributed by atoms with E-state index in [4.69, 9.17) is 14.5 Å². The number of carbonyl (C=O) groups is 2. The Balaban J connectivity index is 2.05. The van der Waals surface area contributed by atoms with Crippen LogP contribution in [0.4, 0.5) is 13.6 Å². The molecule has 1 aromatic carbocycles. The molecule has 1 unspecified atom stereocenters. The average Bonchev–Trinajstić information content (AvgIpc) is 3.50. The molecule has 200 valence electrons. The molecule has 0 saturated heterocycles. The highest BCUT2D eigenvalue weighted by atomic mass is 32.2. The van der Waals surface area contributed by atoms with Gasteiger partial charge in [0.2, 0.25) is 5.91 Å². The fraction of sp³-hybridized carbons (Fsp3) is 0.640. The van der Waals surface area contributed by atoms with Gasteiger partial charge in [-0.2, -0.15) is 0 Å². The Hall–Kier alpha value is -1.98. The second-order valence-electron chi connectivity index (χ2n) is 11.7. The quantitative estimate of drug-likeness (QED) is 0.287. The van der Waals surface area contributed by atoms with Gasteiger partial charge in [0.05, 0.1) is 5.54 Å². The highest BCUT2D eigenvalue weighted by Crippen LogP contribution is 2.66. The van der Waals surface area contributed by atoms with Gasteiger partial charge in [0, 0.05) is 33.2 Å². The second-order valence-corrected chi connectivity index (χ2v) is 18.6. The molecule has 2 aliphatic rings. The lowest BCUT2D eigenvalue weighted by molar-refractivity contribution is -0.121. The van der Waals surface area contributed by atoms with Crippen LogP contribution in [-0.4, -0.2) is 60.9 Å². The predicted octanol–water partition coefficient (Wildman–Crippen LogP) is 5.34. The summed E-state index contributed by atoms with van der Waals surface area (Å²) in [6.45, 7) is 13.9. The minimum Gasteiger partial charge on any atom is -0.443 e. The Labute approximate surface area is 217 Å². The number of fused-ring (bicyclic) bond motifs is 1. The first-order valence-electron chi connectivity index (χ1n) is 12.1. The summed E-state index contributed by atoms with van der Waals surface area (Å²) in [5.41, 5.74) is -2.02. The molecule has 1 aliphatic heterocycles. The monoisotopic (exact) mass is 541 g/mol. The second kappa shape index (κ2) is 10.1. The molecule has 0 radical (unpaired) electrons. The number of amides is 2. The molecule has 3 rings (SSSR count). The summed E-state index contributed by atoms with van der Waals surface area (Å²) in [6, 6.07) is 4.84. The maximum absolute atomic E-state index is 15.0. The highest BCUT2D eigenvalue weighted by molar-refractivity contribution is 8.16. The number of hydrogen-bond acceptors (Lipinski definition) is 6. The van der Waals surface area contributed by atoms with Gasteiger partial charge in [-0.05, 0) is 46.2 Å². The molecule has 1 fully saturated rings. The van der Waals surface area contributed by atoms with Gasteiger partial charge in [0.1, 0.15) is 17.1 Å². The molecule has 0 aromatic heterocycles. The topological polar surface area (TPSA) is 80.2 Å². The van der Waals surface area contributed by atoms with Gasteiger partial charge in [-0.25, -0.2) is 18.5 Å². The lowest BCUT2D eigenvalue weighted by atomic mass is 9.85. The van der Waals surface area contributed by atoms with Crippen molar-refractivity contribution in [1.82, 2.24) is 10.2 Å². The van der Waals surface area contributed by atoms with E-state index >= 15 is 4.39 Å². The molecule has 1 saturated carbocycles. The van der Waals surface area contributed by atoms with Crippen LogP contribution in [-0.2, 0) is 19.8 Å². The van der Waals surface area contributed by atoms with E-state index in [1.165, 1.54) is 24.1 Å². The van der Waals surface area contributed by atoms with Crippen LogP contribution in [0.3, 0.4) is 0 Å². The number of rotatable bonds is 7. The third kappa shape index (κ3) is 5.94. The number of nitrogens with one attached hydrogen (secondary N) is 1. The summed E-state index contributed by atoms with van der Waals surface area (Å²) in [7, 11) is 0.157. The fourth-order valence-electron chi connectivity index (χ4n) is 4.28. The van der Waals surface area contributed by atoms with Crippen LogP contribution >= 0.6 is 11.8 Å². The molecule has 1 N–H and O–H groups in total. The van der Waals surface area contributed by atoms with E-state index in [0.29, 0.717) is 13.0 Å². The molecule has 11 heteroatoms. The normalized spacial score (nSPS) is 25.5. The molecule has 36 heavy (non-hydrogen) atoms. The van der Waals surface area contributed by atoms with Gasteiger partial charge in [0.25, 0.3) is 0 Å². The van der Waals surface area contributed by atoms with Gasteiger partial charge in [-0.15, -0.1) is 0 Å². The van der Waals surface area contributed by atoms with Crippen molar-refractivity contribution in [3.63, 3.8) is 0 Å². The number of benzene rings is 1. The van der Waals surface area contributed by atoms with Gasteiger partial charge in [-0.1, -0.05) is 43.5 Å². The summed E-state index contributed by atoms with van der Waals surface area (Å²) in [4.78, 5) is 32.4. The number of halogens is 2. The zero-order valence-corrected chi connectivity index (χ0v) is 24.1. The van der Waals surface area contributed by atoms with Crippen molar-refractivity contribution < 1.29 is 27.8 Å². The maximum Gasteiger partial charge on any atom is 0.418 e. The fourth-order valence-corrected chi connectivity index (χ4v) is 6.65. The average molecular weight is 542 g/mol. The first-order chi connectivity index (χ1) is 16.5. The lowest BCUT2D eigenvalue weighted by Crippen LogP contribution is -2.48. The van der Waals surface area contributed by atoms with Crippen LogP contribution in [0.15, 0.2) is 23.2 Å². The Bertz CT molecular complexity index is 1060. The van der Waals surface area contributed by atoms with E-state index < -0.39 is 41.7 Å². The first-order valence-corrected chi connectivity index (χ1v) is 16.6. The highest BCUT2D eigenvalue weighted by Gasteiger charge is 2.71. The number of thioether (sulfide) groups is 1. The number of amidine groups is 1. The summed E-state index contributed by atoms with van der Waals surface area (Å²) in [5.74, 6) is -2.64. The van der Waals surface area contributed by atoms with Crippen LogP contribution in [0.1, 0.15) is 39.7 Å². The molecule has 3 atom stereocenters. The van der Waals surface area contributed by atoms with Crippen LogP contribution in [0.2, 0.25) is 25.7 Å². The van der Waals surface area contributed by atoms with E-state index in [0.717, 1.165) is 23.9 Å². The van der Waals surface area contributed by atoms with E-state index in [9.17, 15) is 14.0 Å². The van der Waals surface area contributed by atoms with Crippen molar-refractivity contribution in [2.24, 2.45) is 10.9 Å². The molecule has 7 nitrogen and oxygen atoms in total. The summed E-state index contributed by atoms with van der Waals surface area (Å²) >= 11 is 1.15. The Morgan fingerprint density at radius 1 is 1.28 bits per heavy atom.